The molecule has 1 saturated heterocycles. The summed E-state index contributed by atoms with van der Waals surface area (Å²) in [5.74, 6) is -0.586. The van der Waals surface area contributed by atoms with Crippen LogP contribution in [0.3, 0.4) is 0 Å². The van der Waals surface area contributed by atoms with Gasteiger partial charge in [0.05, 0.1) is 5.92 Å². The highest BCUT2D eigenvalue weighted by Gasteiger charge is 2.30. The second kappa shape index (κ2) is 6.15. The average molecular weight is 304 g/mol. The van der Waals surface area contributed by atoms with Crippen molar-refractivity contribution in [1.82, 2.24) is 9.88 Å². The van der Waals surface area contributed by atoms with Crippen molar-refractivity contribution < 1.29 is 23.8 Å². The van der Waals surface area contributed by atoms with E-state index in [1.54, 1.807) is 4.90 Å². The quantitative estimate of drug-likeness (QED) is 0.893. The number of para-hydroxylation sites is 2. The van der Waals surface area contributed by atoms with Crippen LogP contribution in [-0.2, 0) is 14.3 Å². The number of likely N-dealkylation sites (tertiary alicyclic amines) is 1. The lowest BCUT2D eigenvalue weighted by atomic mass is 10.1. The number of carbonyl (C=O) groups is 2. The van der Waals surface area contributed by atoms with Crippen molar-refractivity contribution in [2.45, 2.75) is 12.3 Å². The number of aromatic nitrogens is 1. The molecule has 1 amide bonds. The number of carboxylic acid groups (broad SMARTS) is 1. The summed E-state index contributed by atoms with van der Waals surface area (Å²) in [6.07, 6.45) is 0.775. The molecule has 0 bridgehead atoms. The highest BCUT2D eigenvalue weighted by molar-refractivity contribution is 5.78. The average Bonchev–Trinajstić information content (AvgIpc) is 3.13. The number of oxazole rings is 1. The Morgan fingerprint density at radius 2 is 2.18 bits per heavy atom. The molecule has 1 aromatic carbocycles. The van der Waals surface area contributed by atoms with Crippen LogP contribution in [0.15, 0.2) is 28.7 Å². The first-order chi connectivity index (χ1) is 10.6. The summed E-state index contributed by atoms with van der Waals surface area (Å²) in [5, 5.41) is 8.48. The first kappa shape index (κ1) is 14.5. The summed E-state index contributed by atoms with van der Waals surface area (Å²) >= 11 is 0. The van der Waals surface area contributed by atoms with E-state index in [9.17, 15) is 9.59 Å². The van der Waals surface area contributed by atoms with Crippen molar-refractivity contribution in [3.8, 4) is 0 Å². The molecule has 1 unspecified atom stereocenters. The summed E-state index contributed by atoms with van der Waals surface area (Å²) < 4.78 is 10.6. The van der Waals surface area contributed by atoms with Gasteiger partial charge in [-0.05, 0) is 18.6 Å². The predicted octanol–water partition coefficient (Wildman–Crippen LogP) is 1.24. The Morgan fingerprint density at radius 3 is 2.95 bits per heavy atom. The van der Waals surface area contributed by atoms with Gasteiger partial charge in [-0.25, -0.2) is 9.78 Å². The molecule has 0 saturated carbocycles. The third-order valence-corrected chi connectivity index (χ3v) is 3.65. The third-order valence-electron chi connectivity index (χ3n) is 3.65. The van der Waals surface area contributed by atoms with Crippen molar-refractivity contribution in [2.24, 2.45) is 0 Å². The largest absolute Gasteiger partial charge is 0.480 e. The standard InChI is InChI=1S/C15H16N2O5/c18-13(8-21-9-14(19)20)17-6-5-10(7-17)15-16-11-3-1-2-4-12(11)22-15/h1-4,10H,5-9H2,(H,19,20). The maximum absolute atomic E-state index is 11.9. The number of carbonyl (C=O) groups excluding carboxylic acids is 1. The van der Waals surface area contributed by atoms with E-state index in [0.29, 0.717) is 19.0 Å². The van der Waals surface area contributed by atoms with Gasteiger partial charge in [0.25, 0.3) is 0 Å². The number of amides is 1. The van der Waals surface area contributed by atoms with Crippen LogP contribution in [-0.4, -0.2) is 53.2 Å². The number of ether oxygens (including phenoxy) is 1. The molecule has 1 aliphatic rings. The minimum absolute atomic E-state index is 0.0656. The number of benzene rings is 1. The summed E-state index contributed by atoms with van der Waals surface area (Å²) in [5.41, 5.74) is 1.55. The zero-order valence-electron chi connectivity index (χ0n) is 11.9. The molecule has 1 atom stereocenters. The third kappa shape index (κ3) is 3.09. The van der Waals surface area contributed by atoms with E-state index in [-0.39, 0.29) is 18.4 Å². The van der Waals surface area contributed by atoms with Gasteiger partial charge in [0.1, 0.15) is 18.7 Å². The molecule has 3 rings (SSSR count). The Hall–Kier alpha value is -2.41. The molecule has 116 valence electrons. The second-order valence-electron chi connectivity index (χ2n) is 5.23. The zero-order valence-corrected chi connectivity index (χ0v) is 11.9. The van der Waals surface area contributed by atoms with Gasteiger partial charge >= 0.3 is 5.97 Å². The van der Waals surface area contributed by atoms with Crippen molar-refractivity contribution in [3.63, 3.8) is 0 Å². The van der Waals surface area contributed by atoms with Crippen molar-refractivity contribution in [3.05, 3.63) is 30.2 Å². The molecule has 2 heterocycles. The molecule has 1 aliphatic heterocycles. The SMILES string of the molecule is O=C(O)COCC(=O)N1CCC(c2nc3ccccc3o2)C1. The minimum atomic E-state index is -1.08. The van der Waals surface area contributed by atoms with Gasteiger partial charge in [-0.2, -0.15) is 0 Å². The van der Waals surface area contributed by atoms with E-state index >= 15 is 0 Å². The molecule has 2 aromatic rings. The number of rotatable bonds is 5. The number of fused-ring (bicyclic) bond motifs is 1. The molecule has 7 nitrogen and oxygen atoms in total. The first-order valence-corrected chi connectivity index (χ1v) is 7.06. The van der Waals surface area contributed by atoms with E-state index in [1.807, 2.05) is 24.3 Å². The fourth-order valence-corrected chi connectivity index (χ4v) is 2.57. The molecule has 0 aliphatic carbocycles. The fraction of sp³-hybridized carbons (Fsp3) is 0.400. The van der Waals surface area contributed by atoms with Crippen LogP contribution in [0.1, 0.15) is 18.2 Å². The number of hydrogen-bond donors (Lipinski definition) is 1. The van der Waals surface area contributed by atoms with Gasteiger partial charge in [-0.1, -0.05) is 12.1 Å². The molecule has 0 radical (unpaired) electrons. The van der Waals surface area contributed by atoms with E-state index in [0.717, 1.165) is 17.5 Å². The van der Waals surface area contributed by atoms with Gasteiger partial charge in [-0.3, -0.25) is 4.79 Å². The van der Waals surface area contributed by atoms with E-state index < -0.39 is 12.6 Å². The van der Waals surface area contributed by atoms with E-state index in [1.165, 1.54) is 0 Å². The monoisotopic (exact) mass is 304 g/mol. The lowest BCUT2D eigenvalue weighted by Crippen LogP contribution is -2.32. The van der Waals surface area contributed by atoms with Crippen LogP contribution < -0.4 is 0 Å². The zero-order chi connectivity index (χ0) is 15.5. The topological polar surface area (TPSA) is 92.9 Å². The predicted molar refractivity (Wildman–Crippen MR) is 76.4 cm³/mol. The Balaban J connectivity index is 1.59. The molecule has 1 N–H and O–H groups in total. The lowest BCUT2D eigenvalue weighted by Gasteiger charge is -2.15. The molecule has 1 fully saturated rings. The summed E-state index contributed by atoms with van der Waals surface area (Å²) in [6.45, 7) is 0.432. The first-order valence-electron chi connectivity index (χ1n) is 7.06. The number of aliphatic carboxylic acids is 1. The highest BCUT2D eigenvalue weighted by atomic mass is 16.5. The second-order valence-corrected chi connectivity index (χ2v) is 5.23. The molecule has 0 spiro atoms. The maximum atomic E-state index is 11.9. The number of hydrogen-bond acceptors (Lipinski definition) is 5. The van der Waals surface area contributed by atoms with Crippen LogP contribution in [0.25, 0.3) is 11.1 Å². The molecule has 22 heavy (non-hydrogen) atoms. The van der Waals surface area contributed by atoms with Crippen LogP contribution in [0.2, 0.25) is 0 Å². The summed E-state index contributed by atoms with van der Waals surface area (Å²) in [6, 6.07) is 7.55. The summed E-state index contributed by atoms with van der Waals surface area (Å²) in [7, 11) is 0. The van der Waals surface area contributed by atoms with Gasteiger partial charge in [0.15, 0.2) is 11.5 Å². The Morgan fingerprint density at radius 1 is 1.36 bits per heavy atom. The van der Waals surface area contributed by atoms with Gasteiger partial charge in [0, 0.05) is 13.1 Å². The fourth-order valence-electron chi connectivity index (χ4n) is 2.57. The van der Waals surface area contributed by atoms with Crippen molar-refractivity contribution in [1.29, 1.82) is 0 Å². The molecule has 7 heteroatoms. The van der Waals surface area contributed by atoms with Gasteiger partial charge < -0.3 is 19.2 Å². The van der Waals surface area contributed by atoms with Gasteiger partial charge in [-0.15, -0.1) is 0 Å². The number of carboxylic acids is 1. The molecular formula is C15H16N2O5. The number of nitrogens with zero attached hydrogens (tertiary/aromatic N) is 2. The van der Waals surface area contributed by atoms with Crippen LogP contribution in [0, 0.1) is 0 Å². The Bertz CT molecular complexity index is 663. The van der Waals surface area contributed by atoms with Crippen LogP contribution in [0.5, 0.6) is 0 Å². The normalized spacial score (nSPS) is 18.0. The van der Waals surface area contributed by atoms with Crippen molar-refractivity contribution in [2.75, 3.05) is 26.3 Å². The molecule has 1 aromatic heterocycles. The summed E-state index contributed by atoms with van der Waals surface area (Å²) in [4.78, 5) is 28.4. The van der Waals surface area contributed by atoms with E-state index in [4.69, 9.17) is 14.3 Å². The Kier molecular flexibility index (Phi) is 4.06. The lowest BCUT2D eigenvalue weighted by molar-refractivity contribution is -0.145. The Labute approximate surface area is 126 Å². The van der Waals surface area contributed by atoms with Crippen LogP contribution >= 0.6 is 0 Å². The van der Waals surface area contributed by atoms with Crippen LogP contribution in [0.4, 0.5) is 0 Å². The maximum Gasteiger partial charge on any atom is 0.329 e. The molecular weight excluding hydrogens is 288 g/mol. The van der Waals surface area contributed by atoms with E-state index in [2.05, 4.69) is 4.98 Å². The smallest absolute Gasteiger partial charge is 0.329 e. The highest BCUT2D eigenvalue weighted by Crippen LogP contribution is 2.29. The minimum Gasteiger partial charge on any atom is -0.480 e. The van der Waals surface area contributed by atoms with Crippen molar-refractivity contribution >= 4 is 23.0 Å². The van der Waals surface area contributed by atoms with Gasteiger partial charge in [0.2, 0.25) is 5.91 Å².